The van der Waals surface area contributed by atoms with Gasteiger partial charge in [0.1, 0.15) is 0 Å². The minimum atomic E-state index is 0.0936. The molecule has 1 heterocycles. The maximum absolute atomic E-state index is 5.11. The molecule has 1 aromatic heterocycles. The van der Waals surface area contributed by atoms with Crippen molar-refractivity contribution in [3.8, 4) is 34.2 Å². The lowest BCUT2D eigenvalue weighted by molar-refractivity contribution is 0.591. The number of hydrogen-bond acceptors (Lipinski definition) is 3. The van der Waals surface area contributed by atoms with Crippen molar-refractivity contribution in [1.82, 2.24) is 15.0 Å². The van der Waals surface area contributed by atoms with Gasteiger partial charge < -0.3 is 0 Å². The number of rotatable bonds is 3. The van der Waals surface area contributed by atoms with Gasteiger partial charge in [-0.15, -0.1) is 0 Å². The van der Waals surface area contributed by atoms with Crippen molar-refractivity contribution in [3.05, 3.63) is 139 Å². The van der Waals surface area contributed by atoms with Gasteiger partial charge in [0.2, 0.25) is 0 Å². The van der Waals surface area contributed by atoms with E-state index in [4.69, 9.17) is 15.0 Å². The average Bonchev–Trinajstić information content (AvgIpc) is 3.07. The highest BCUT2D eigenvalue weighted by Gasteiger charge is 2.17. The first-order valence-corrected chi connectivity index (χ1v) is 15.5. The minimum Gasteiger partial charge on any atom is -0.208 e. The van der Waals surface area contributed by atoms with Crippen molar-refractivity contribution in [2.24, 2.45) is 0 Å². The lowest BCUT2D eigenvalue weighted by Gasteiger charge is -2.19. The molecule has 0 N–H and O–H groups in total. The van der Waals surface area contributed by atoms with Crippen molar-refractivity contribution in [1.29, 1.82) is 0 Å². The van der Waals surface area contributed by atoms with Gasteiger partial charge in [-0.2, -0.15) is 0 Å². The topological polar surface area (TPSA) is 38.7 Å². The summed E-state index contributed by atoms with van der Waals surface area (Å²) >= 11 is 0. The van der Waals surface area contributed by atoms with E-state index in [1.807, 2.05) is 0 Å². The molecule has 3 nitrogen and oxygen atoms in total. The molecule has 3 heteroatoms. The molecule has 8 aromatic rings. The van der Waals surface area contributed by atoms with E-state index in [9.17, 15) is 0 Å². The lowest BCUT2D eigenvalue weighted by Crippen LogP contribution is -2.10. The monoisotopic (exact) mass is 579 g/mol. The van der Waals surface area contributed by atoms with Crippen LogP contribution in [0.4, 0.5) is 0 Å². The van der Waals surface area contributed by atoms with Gasteiger partial charge in [-0.3, -0.25) is 0 Å². The molecule has 0 fully saturated rings. The maximum Gasteiger partial charge on any atom is 0.164 e. The molecule has 0 saturated heterocycles. The van der Waals surface area contributed by atoms with Crippen LogP contribution in [-0.4, -0.2) is 15.0 Å². The fraction of sp³-hybridized carbons (Fsp3) is 0.119. The average molecular weight is 580 g/mol. The lowest BCUT2D eigenvalue weighted by atomic mass is 9.86. The Bertz CT molecular complexity index is 2380. The largest absolute Gasteiger partial charge is 0.208 e. The molecule has 0 aliphatic carbocycles. The smallest absolute Gasteiger partial charge is 0.164 e. The summed E-state index contributed by atoms with van der Waals surface area (Å²) in [5.41, 5.74) is 5.53. The van der Waals surface area contributed by atoms with Gasteiger partial charge in [0.15, 0.2) is 17.5 Å². The molecule has 0 atom stereocenters. The van der Waals surface area contributed by atoms with Gasteiger partial charge in [-0.25, -0.2) is 15.0 Å². The van der Waals surface area contributed by atoms with E-state index in [0.717, 1.165) is 16.7 Å². The molecule has 0 aliphatic rings. The van der Waals surface area contributed by atoms with Gasteiger partial charge in [0.05, 0.1) is 0 Å². The zero-order valence-corrected chi connectivity index (χ0v) is 26.0. The molecule has 0 saturated carbocycles. The van der Waals surface area contributed by atoms with Crippen LogP contribution in [0.2, 0.25) is 0 Å². The standard InChI is InChI=1S/C42H33N3/c1-26-13-15-27(16-14-26)39-43-40(30-18-17-29-24-32(42(2,3)4)21-19-28(29)23-30)45-41(44-39)31-20-22-37-35-11-6-5-9-33(35)34-10-7-8-12-36(34)38(37)25-31/h5-25H,1-4H3. The summed E-state index contributed by atoms with van der Waals surface area (Å²) in [5.74, 6) is 2.00. The molecule has 0 unspecified atom stereocenters. The summed E-state index contributed by atoms with van der Waals surface area (Å²) in [5, 5.41) is 9.80. The summed E-state index contributed by atoms with van der Waals surface area (Å²) in [6, 6.07) is 45.6. The highest BCUT2D eigenvalue weighted by molar-refractivity contribution is 6.25. The highest BCUT2D eigenvalue weighted by atomic mass is 15.0. The number of benzene rings is 7. The first-order valence-electron chi connectivity index (χ1n) is 15.5. The fourth-order valence-electron chi connectivity index (χ4n) is 6.36. The Balaban J connectivity index is 1.34. The third-order valence-electron chi connectivity index (χ3n) is 8.91. The number of aromatic nitrogens is 3. The molecule has 8 rings (SSSR count). The molecule has 216 valence electrons. The predicted octanol–water partition coefficient (Wildman–Crippen LogP) is 11.1. The Morgan fingerprint density at radius 3 is 1.44 bits per heavy atom. The molecule has 0 bridgehead atoms. The first-order chi connectivity index (χ1) is 21.8. The second-order valence-electron chi connectivity index (χ2n) is 13.1. The first kappa shape index (κ1) is 27.2. The second kappa shape index (κ2) is 10.3. The molecular weight excluding hydrogens is 546 g/mol. The van der Waals surface area contributed by atoms with Crippen molar-refractivity contribution in [3.63, 3.8) is 0 Å². The molecule has 0 amide bonds. The normalized spacial score (nSPS) is 12.0. The molecule has 7 aromatic carbocycles. The summed E-state index contributed by atoms with van der Waals surface area (Å²) in [6.07, 6.45) is 0. The number of nitrogens with zero attached hydrogens (tertiary/aromatic N) is 3. The number of aryl methyl sites for hydroxylation is 1. The Kier molecular flexibility index (Phi) is 6.25. The van der Waals surface area contributed by atoms with Crippen LogP contribution < -0.4 is 0 Å². The van der Waals surface area contributed by atoms with Crippen molar-refractivity contribution < 1.29 is 0 Å². The van der Waals surface area contributed by atoms with Crippen LogP contribution >= 0.6 is 0 Å². The third-order valence-corrected chi connectivity index (χ3v) is 8.91. The molecule has 0 aliphatic heterocycles. The SMILES string of the molecule is Cc1ccc(-c2nc(-c3ccc4cc(C(C)(C)C)ccc4c3)nc(-c3ccc4c5ccccc5c5ccccc5c4c3)n2)cc1. The fourth-order valence-corrected chi connectivity index (χ4v) is 6.36. The Morgan fingerprint density at radius 2 is 0.844 bits per heavy atom. The molecule has 0 spiro atoms. The van der Waals surface area contributed by atoms with Crippen LogP contribution in [0.15, 0.2) is 127 Å². The van der Waals surface area contributed by atoms with Gasteiger partial charge >= 0.3 is 0 Å². The van der Waals surface area contributed by atoms with Crippen LogP contribution in [0, 0.1) is 6.92 Å². The van der Waals surface area contributed by atoms with Gasteiger partial charge in [0, 0.05) is 16.7 Å². The zero-order valence-electron chi connectivity index (χ0n) is 26.0. The van der Waals surface area contributed by atoms with E-state index in [2.05, 4.69) is 155 Å². The van der Waals surface area contributed by atoms with Crippen LogP contribution in [0.3, 0.4) is 0 Å². The zero-order chi connectivity index (χ0) is 30.7. The molecule has 0 radical (unpaired) electrons. The number of fused-ring (bicyclic) bond motifs is 7. The van der Waals surface area contributed by atoms with Crippen molar-refractivity contribution in [2.75, 3.05) is 0 Å². The quantitative estimate of drug-likeness (QED) is 0.195. The summed E-state index contributed by atoms with van der Waals surface area (Å²) < 4.78 is 0. The van der Waals surface area contributed by atoms with Gasteiger partial charge in [-0.05, 0) is 73.1 Å². The Morgan fingerprint density at radius 1 is 0.400 bits per heavy atom. The van der Waals surface area contributed by atoms with E-state index < -0.39 is 0 Å². The molecule has 45 heavy (non-hydrogen) atoms. The van der Waals surface area contributed by atoms with Gasteiger partial charge in [0.25, 0.3) is 0 Å². The molecular formula is C42H33N3. The summed E-state index contributed by atoms with van der Waals surface area (Å²) in [7, 11) is 0. The maximum atomic E-state index is 5.11. The summed E-state index contributed by atoms with van der Waals surface area (Å²) in [6.45, 7) is 8.84. The predicted molar refractivity (Wildman–Crippen MR) is 190 cm³/mol. The van der Waals surface area contributed by atoms with Crippen LogP contribution in [-0.2, 0) is 5.41 Å². The Hall–Kier alpha value is -5.41. The second-order valence-corrected chi connectivity index (χ2v) is 13.1. The number of hydrogen-bond donors (Lipinski definition) is 0. The van der Waals surface area contributed by atoms with Crippen LogP contribution in [0.5, 0.6) is 0 Å². The van der Waals surface area contributed by atoms with Crippen LogP contribution in [0.25, 0.3) is 77.3 Å². The van der Waals surface area contributed by atoms with Gasteiger partial charge in [-0.1, -0.05) is 142 Å². The van der Waals surface area contributed by atoms with Crippen molar-refractivity contribution >= 4 is 43.1 Å². The Labute approximate surface area is 263 Å². The van der Waals surface area contributed by atoms with E-state index >= 15 is 0 Å². The summed E-state index contributed by atoms with van der Waals surface area (Å²) in [4.78, 5) is 15.2. The van der Waals surface area contributed by atoms with E-state index in [1.54, 1.807) is 0 Å². The van der Waals surface area contributed by atoms with E-state index in [0.29, 0.717) is 17.5 Å². The minimum absolute atomic E-state index is 0.0936. The third kappa shape index (κ3) is 4.81. The van der Waals surface area contributed by atoms with Crippen molar-refractivity contribution in [2.45, 2.75) is 33.1 Å². The van der Waals surface area contributed by atoms with Crippen LogP contribution in [0.1, 0.15) is 31.9 Å². The van der Waals surface area contributed by atoms with E-state index in [-0.39, 0.29) is 5.41 Å². The van der Waals surface area contributed by atoms with E-state index in [1.165, 1.54) is 54.2 Å². The highest BCUT2D eigenvalue weighted by Crippen LogP contribution is 2.37.